The van der Waals surface area contributed by atoms with Gasteiger partial charge in [-0.3, -0.25) is 9.00 Å². The minimum absolute atomic E-state index is 0.136. The van der Waals surface area contributed by atoms with E-state index in [1.807, 2.05) is 6.92 Å². The zero-order chi connectivity index (χ0) is 15.1. The third-order valence-corrected chi connectivity index (χ3v) is 4.27. The SMILES string of the molecule is CCCCOC(=O)CS(=O)c1ccc2c(c1)OCCCO2. The number of carbonyl (C=O) groups is 1. The quantitative estimate of drug-likeness (QED) is 0.596. The predicted octanol–water partition coefficient (Wildman–Crippen LogP) is 2.30. The lowest BCUT2D eigenvalue weighted by Crippen LogP contribution is -2.15. The smallest absolute Gasteiger partial charge is 0.318 e. The van der Waals surface area contributed by atoms with Crippen LogP contribution in [0.4, 0.5) is 0 Å². The Kier molecular flexibility index (Phi) is 6.04. The van der Waals surface area contributed by atoms with Crippen molar-refractivity contribution in [2.24, 2.45) is 0 Å². The minimum Gasteiger partial charge on any atom is -0.490 e. The molecule has 0 fully saturated rings. The number of benzene rings is 1. The van der Waals surface area contributed by atoms with E-state index in [9.17, 15) is 9.00 Å². The summed E-state index contributed by atoms with van der Waals surface area (Å²) in [5.74, 6) is 0.661. The molecule has 0 radical (unpaired) electrons. The van der Waals surface area contributed by atoms with Crippen LogP contribution >= 0.6 is 0 Å². The summed E-state index contributed by atoms with van der Waals surface area (Å²) in [4.78, 5) is 12.1. The van der Waals surface area contributed by atoms with Gasteiger partial charge < -0.3 is 14.2 Å². The van der Waals surface area contributed by atoms with Crippen LogP contribution in [0, 0.1) is 0 Å². The van der Waals surface area contributed by atoms with E-state index in [0.717, 1.165) is 19.3 Å². The molecule has 1 aromatic carbocycles. The average molecular weight is 312 g/mol. The van der Waals surface area contributed by atoms with E-state index in [4.69, 9.17) is 14.2 Å². The number of hydrogen-bond acceptors (Lipinski definition) is 5. The number of esters is 1. The highest BCUT2D eigenvalue weighted by Crippen LogP contribution is 2.31. The molecule has 0 amide bonds. The summed E-state index contributed by atoms with van der Waals surface area (Å²) >= 11 is 0. The Labute approximate surface area is 127 Å². The molecule has 21 heavy (non-hydrogen) atoms. The van der Waals surface area contributed by atoms with Crippen molar-refractivity contribution in [1.29, 1.82) is 0 Å². The van der Waals surface area contributed by atoms with E-state index in [1.165, 1.54) is 0 Å². The van der Waals surface area contributed by atoms with Crippen molar-refractivity contribution in [3.63, 3.8) is 0 Å². The lowest BCUT2D eigenvalue weighted by molar-refractivity contribution is -0.140. The first-order chi connectivity index (χ1) is 10.2. The Bertz CT molecular complexity index is 515. The summed E-state index contributed by atoms with van der Waals surface area (Å²) in [6, 6.07) is 5.11. The summed E-state index contributed by atoms with van der Waals surface area (Å²) < 4.78 is 28.3. The number of carbonyl (C=O) groups excluding carboxylic acids is 1. The van der Waals surface area contributed by atoms with Crippen molar-refractivity contribution in [3.8, 4) is 11.5 Å². The normalized spacial score (nSPS) is 15.1. The van der Waals surface area contributed by atoms with Crippen molar-refractivity contribution in [3.05, 3.63) is 18.2 Å². The van der Waals surface area contributed by atoms with Crippen LogP contribution in [0.3, 0.4) is 0 Å². The third-order valence-electron chi connectivity index (χ3n) is 2.99. The van der Waals surface area contributed by atoms with Gasteiger partial charge in [0, 0.05) is 17.4 Å². The Balaban J connectivity index is 1.96. The molecular formula is C15H20O5S. The molecule has 1 aromatic rings. The predicted molar refractivity (Wildman–Crippen MR) is 79.2 cm³/mol. The molecule has 6 heteroatoms. The highest BCUT2D eigenvalue weighted by Gasteiger charge is 2.16. The van der Waals surface area contributed by atoms with Gasteiger partial charge in [-0.25, -0.2) is 0 Å². The number of rotatable bonds is 6. The number of unbranched alkanes of at least 4 members (excludes halogenated alkanes) is 1. The molecule has 0 spiro atoms. The third kappa shape index (κ3) is 4.74. The maximum atomic E-state index is 12.2. The van der Waals surface area contributed by atoms with Gasteiger partial charge in [0.15, 0.2) is 11.5 Å². The van der Waals surface area contributed by atoms with Gasteiger partial charge in [-0.1, -0.05) is 13.3 Å². The van der Waals surface area contributed by atoms with E-state index in [2.05, 4.69) is 0 Å². The summed E-state index contributed by atoms with van der Waals surface area (Å²) in [7, 11) is -1.43. The van der Waals surface area contributed by atoms with Crippen molar-refractivity contribution < 1.29 is 23.2 Å². The molecule has 5 nitrogen and oxygen atoms in total. The highest BCUT2D eigenvalue weighted by atomic mass is 32.2. The number of hydrogen-bond donors (Lipinski definition) is 0. The standard InChI is InChI=1S/C15H20O5S/c1-2-3-7-20-15(16)11-21(17)12-5-6-13-14(10-12)19-9-4-8-18-13/h5-6,10H,2-4,7-9,11H2,1H3. The molecule has 116 valence electrons. The van der Waals surface area contributed by atoms with E-state index >= 15 is 0 Å². The molecule has 0 saturated carbocycles. The Morgan fingerprint density at radius 1 is 1.29 bits per heavy atom. The fourth-order valence-electron chi connectivity index (χ4n) is 1.85. The van der Waals surface area contributed by atoms with Crippen LogP contribution < -0.4 is 9.47 Å². The van der Waals surface area contributed by atoms with Gasteiger partial charge in [0.05, 0.1) is 30.6 Å². The summed E-state index contributed by atoms with van der Waals surface area (Å²) in [6.45, 7) is 3.58. The van der Waals surface area contributed by atoms with Crippen LogP contribution in [0.5, 0.6) is 11.5 Å². The second-order valence-electron chi connectivity index (χ2n) is 4.72. The van der Waals surface area contributed by atoms with Crippen LogP contribution in [0.1, 0.15) is 26.2 Å². The molecule has 0 bridgehead atoms. The first kappa shape index (κ1) is 15.8. The zero-order valence-electron chi connectivity index (χ0n) is 12.1. The minimum atomic E-state index is -1.43. The second kappa shape index (κ2) is 8.02. The molecule has 1 atom stereocenters. The Morgan fingerprint density at radius 2 is 2.05 bits per heavy atom. The fraction of sp³-hybridized carbons (Fsp3) is 0.533. The monoisotopic (exact) mass is 312 g/mol. The van der Waals surface area contributed by atoms with Gasteiger partial charge in [-0.2, -0.15) is 0 Å². The zero-order valence-corrected chi connectivity index (χ0v) is 12.9. The van der Waals surface area contributed by atoms with Gasteiger partial charge in [-0.15, -0.1) is 0 Å². The maximum Gasteiger partial charge on any atom is 0.318 e. The van der Waals surface area contributed by atoms with E-state index in [-0.39, 0.29) is 5.75 Å². The van der Waals surface area contributed by atoms with Gasteiger partial charge >= 0.3 is 5.97 Å². The van der Waals surface area contributed by atoms with Gasteiger partial charge in [0.1, 0.15) is 5.75 Å². The molecule has 1 unspecified atom stereocenters. The fourth-order valence-corrected chi connectivity index (χ4v) is 2.77. The number of fused-ring (bicyclic) bond motifs is 1. The molecule has 1 aliphatic rings. The summed E-state index contributed by atoms with van der Waals surface area (Å²) in [5.41, 5.74) is 0. The van der Waals surface area contributed by atoms with Crippen molar-refractivity contribution in [2.75, 3.05) is 25.6 Å². The van der Waals surface area contributed by atoms with Crippen LogP contribution in [0.25, 0.3) is 0 Å². The molecule has 1 aliphatic heterocycles. The van der Waals surface area contributed by atoms with Gasteiger partial charge in [0.2, 0.25) is 0 Å². The van der Waals surface area contributed by atoms with Gasteiger partial charge in [-0.05, 0) is 18.6 Å². The topological polar surface area (TPSA) is 61.8 Å². The second-order valence-corrected chi connectivity index (χ2v) is 6.17. The first-order valence-corrected chi connectivity index (χ1v) is 8.46. The van der Waals surface area contributed by atoms with E-state index in [1.54, 1.807) is 18.2 Å². The summed E-state index contributed by atoms with van der Waals surface area (Å²) in [5, 5.41) is 0. The van der Waals surface area contributed by atoms with Crippen molar-refractivity contribution in [2.45, 2.75) is 31.1 Å². The van der Waals surface area contributed by atoms with Crippen LogP contribution in [0.15, 0.2) is 23.1 Å². The Hall–Kier alpha value is -1.56. The molecule has 0 aromatic heterocycles. The maximum absolute atomic E-state index is 12.2. The van der Waals surface area contributed by atoms with Gasteiger partial charge in [0.25, 0.3) is 0 Å². The summed E-state index contributed by atoms with van der Waals surface area (Å²) in [6.07, 6.45) is 2.60. The molecular weight excluding hydrogens is 292 g/mol. The lowest BCUT2D eigenvalue weighted by atomic mass is 10.3. The van der Waals surface area contributed by atoms with E-state index < -0.39 is 16.8 Å². The first-order valence-electron chi connectivity index (χ1n) is 7.14. The van der Waals surface area contributed by atoms with E-state index in [0.29, 0.717) is 36.2 Å². The lowest BCUT2D eigenvalue weighted by Gasteiger charge is -2.09. The molecule has 1 heterocycles. The van der Waals surface area contributed by atoms with Crippen LogP contribution in [-0.4, -0.2) is 35.8 Å². The molecule has 0 N–H and O–H groups in total. The molecule has 0 saturated heterocycles. The molecule has 2 rings (SSSR count). The largest absolute Gasteiger partial charge is 0.490 e. The number of ether oxygens (including phenoxy) is 3. The molecule has 0 aliphatic carbocycles. The van der Waals surface area contributed by atoms with Crippen molar-refractivity contribution >= 4 is 16.8 Å². The Morgan fingerprint density at radius 3 is 2.81 bits per heavy atom. The van der Waals surface area contributed by atoms with Crippen molar-refractivity contribution in [1.82, 2.24) is 0 Å². The average Bonchev–Trinajstić information content (AvgIpc) is 2.71. The highest BCUT2D eigenvalue weighted by molar-refractivity contribution is 7.85. The van der Waals surface area contributed by atoms with Crippen LogP contribution in [0.2, 0.25) is 0 Å². The van der Waals surface area contributed by atoms with Crippen LogP contribution in [-0.2, 0) is 20.3 Å².